The summed E-state index contributed by atoms with van der Waals surface area (Å²) in [6.45, 7) is 0. The van der Waals surface area contributed by atoms with E-state index in [1.54, 1.807) is 12.1 Å². The number of hydrogen-bond acceptors (Lipinski definition) is 5. The fourth-order valence-electron chi connectivity index (χ4n) is 3.06. The first-order chi connectivity index (χ1) is 14.6. The van der Waals surface area contributed by atoms with Crippen LogP contribution >= 0.6 is 11.8 Å². The molecule has 4 rings (SSSR count). The van der Waals surface area contributed by atoms with Crippen molar-refractivity contribution in [2.45, 2.75) is 5.03 Å². The quantitative estimate of drug-likeness (QED) is 0.301. The van der Waals surface area contributed by atoms with Gasteiger partial charge in [-0.2, -0.15) is 0 Å². The fraction of sp³-hybridized carbons (Fsp3) is 0.0870. The summed E-state index contributed by atoms with van der Waals surface area (Å²) in [5.74, 6) is -0.957. The minimum atomic E-state index is -0.581. The molecule has 30 heavy (non-hydrogen) atoms. The van der Waals surface area contributed by atoms with Gasteiger partial charge in [0.15, 0.2) is 17.3 Å². The lowest BCUT2D eigenvalue weighted by molar-refractivity contribution is 0.102. The number of halogens is 2. The predicted octanol–water partition coefficient (Wildman–Crippen LogP) is 5.56. The zero-order chi connectivity index (χ0) is 21.1. The highest BCUT2D eigenvalue weighted by molar-refractivity contribution is 8.00. The minimum Gasteiger partial charge on any atom is -0.494 e. The lowest BCUT2D eigenvalue weighted by atomic mass is 10.1. The van der Waals surface area contributed by atoms with E-state index in [9.17, 15) is 13.6 Å². The van der Waals surface area contributed by atoms with Crippen molar-refractivity contribution in [2.24, 2.45) is 0 Å². The second-order valence-corrected chi connectivity index (χ2v) is 7.43. The standard InChI is InChI=1S/C23H16F2N2O2S/c1-29-21-11-8-15(12-19(21)25)20(28)13-30-23-18-5-3-2-4-17(18)22(26-27-23)14-6-9-16(24)10-7-14/h2-12H,13H2,1H3. The summed E-state index contributed by atoms with van der Waals surface area (Å²) in [7, 11) is 1.37. The molecule has 0 bridgehead atoms. The van der Waals surface area contributed by atoms with Crippen molar-refractivity contribution in [1.29, 1.82) is 0 Å². The van der Waals surface area contributed by atoms with Crippen LogP contribution in [-0.2, 0) is 0 Å². The van der Waals surface area contributed by atoms with Crippen molar-refractivity contribution in [3.05, 3.63) is 83.9 Å². The number of ether oxygens (including phenoxy) is 1. The third-order valence-electron chi connectivity index (χ3n) is 4.58. The first-order valence-electron chi connectivity index (χ1n) is 9.07. The molecule has 0 N–H and O–H groups in total. The van der Waals surface area contributed by atoms with Crippen molar-refractivity contribution >= 4 is 28.3 Å². The van der Waals surface area contributed by atoms with E-state index in [0.717, 1.165) is 16.3 Å². The molecule has 0 fully saturated rings. The van der Waals surface area contributed by atoms with Crippen LogP contribution < -0.4 is 4.74 Å². The van der Waals surface area contributed by atoms with Crippen LogP contribution in [0, 0.1) is 11.6 Å². The first-order valence-corrected chi connectivity index (χ1v) is 10.1. The second-order valence-electron chi connectivity index (χ2n) is 6.47. The van der Waals surface area contributed by atoms with Crippen LogP contribution in [0.15, 0.2) is 71.8 Å². The molecule has 0 aliphatic carbocycles. The van der Waals surface area contributed by atoms with Crippen molar-refractivity contribution in [3.8, 4) is 17.0 Å². The number of fused-ring (bicyclic) bond motifs is 1. The highest BCUT2D eigenvalue weighted by atomic mass is 32.2. The maximum atomic E-state index is 13.9. The van der Waals surface area contributed by atoms with Crippen molar-refractivity contribution in [3.63, 3.8) is 0 Å². The van der Waals surface area contributed by atoms with Crippen molar-refractivity contribution in [1.82, 2.24) is 10.2 Å². The molecule has 0 amide bonds. The van der Waals surface area contributed by atoms with Gasteiger partial charge in [-0.3, -0.25) is 4.79 Å². The summed E-state index contributed by atoms with van der Waals surface area (Å²) in [5, 5.41) is 10.9. The van der Waals surface area contributed by atoms with Crippen molar-refractivity contribution in [2.75, 3.05) is 12.9 Å². The molecule has 150 valence electrons. The Labute approximate surface area is 175 Å². The summed E-state index contributed by atoms with van der Waals surface area (Å²) in [6.07, 6.45) is 0. The maximum absolute atomic E-state index is 13.9. The fourth-order valence-corrected chi connectivity index (χ4v) is 3.93. The molecule has 0 saturated carbocycles. The molecule has 0 radical (unpaired) electrons. The lowest BCUT2D eigenvalue weighted by Crippen LogP contribution is -2.04. The van der Waals surface area contributed by atoms with Crippen LogP contribution in [0.5, 0.6) is 5.75 Å². The molecule has 1 aromatic heterocycles. The number of carbonyl (C=O) groups excluding carboxylic acids is 1. The first kappa shape index (κ1) is 20.0. The number of ketones is 1. The Morgan fingerprint density at radius 2 is 1.70 bits per heavy atom. The van der Waals surface area contributed by atoms with Crippen LogP contribution in [0.1, 0.15) is 10.4 Å². The second kappa shape index (κ2) is 8.59. The van der Waals surface area contributed by atoms with Gasteiger partial charge in [0.25, 0.3) is 0 Å². The largest absolute Gasteiger partial charge is 0.494 e. The van der Waals surface area contributed by atoms with E-state index in [4.69, 9.17) is 4.74 Å². The average molecular weight is 422 g/mol. The lowest BCUT2D eigenvalue weighted by Gasteiger charge is -2.09. The van der Waals surface area contributed by atoms with E-state index in [0.29, 0.717) is 10.7 Å². The van der Waals surface area contributed by atoms with Gasteiger partial charge in [0.1, 0.15) is 16.5 Å². The van der Waals surface area contributed by atoms with Gasteiger partial charge in [-0.15, -0.1) is 10.2 Å². The zero-order valence-corrected chi connectivity index (χ0v) is 16.7. The number of rotatable bonds is 6. The van der Waals surface area contributed by atoms with E-state index < -0.39 is 5.82 Å². The van der Waals surface area contributed by atoms with E-state index >= 15 is 0 Å². The van der Waals surface area contributed by atoms with Gasteiger partial charge in [0.05, 0.1) is 12.9 Å². The Kier molecular flexibility index (Phi) is 5.72. The normalized spacial score (nSPS) is 10.9. The molecule has 0 atom stereocenters. The van der Waals surface area contributed by atoms with Crippen LogP contribution in [0.3, 0.4) is 0 Å². The van der Waals surface area contributed by atoms with Gasteiger partial charge in [-0.25, -0.2) is 8.78 Å². The molecular weight excluding hydrogens is 406 g/mol. The Bertz CT molecular complexity index is 1230. The van der Waals surface area contributed by atoms with Gasteiger partial charge in [-0.1, -0.05) is 36.0 Å². The van der Waals surface area contributed by atoms with Gasteiger partial charge in [0, 0.05) is 21.9 Å². The maximum Gasteiger partial charge on any atom is 0.173 e. The number of Topliss-reactive ketones (excluding diaryl/α,β-unsaturated/α-hetero) is 1. The number of benzene rings is 3. The topological polar surface area (TPSA) is 52.1 Å². The number of methoxy groups -OCH3 is 1. The van der Waals surface area contributed by atoms with Crippen LogP contribution in [0.2, 0.25) is 0 Å². The van der Waals surface area contributed by atoms with E-state index in [1.165, 1.54) is 49.2 Å². The van der Waals surface area contributed by atoms with Gasteiger partial charge >= 0.3 is 0 Å². The average Bonchev–Trinajstić information content (AvgIpc) is 2.78. The molecule has 3 aromatic carbocycles. The van der Waals surface area contributed by atoms with E-state index in [1.807, 2.05) is 24.3 Å². The number of thioether (sulfide) groups is 1. The minimum absolute atomic E-state index is 0.0837. The van der Waals surface area contributed by atoms with Crippen molar-refractivity contribution < 1.29 is 18.3 Å². The summed E-state index contributed by atoms with van der Waals surface area (Å²) >= 11 is 1.24. The Balaban J connectivity index is 1.61. The molecule has 4 nitrogen and oxygen atoms in total. The molecule has 0 saturated heterocycles. The van der Waals surface area contributed by atoms with E-state index in [2.05, 4.69) is 10.2 Å². The molecule has 0 unspecified atom stereocenters. The van der Waals surface area contributed by atoms with Gasteiger partial charge in [-0.05, 0) is 42.5 Å². The molecule has 4 aromatic rings. The molecule has 7 heteroatoms. The third-order valence-corrected chi connectivity index (χ3v) is 5.57. The van der Waals surface area contributed by atoms with E-state index in [-0.39, 0.29) is 28.7 Å². The van der Waals surface area contributed by atoms with Gasteiger partial charge in [0.2, 0.25) is 0 Å². The molecule has 0 aliphatic rings. The number of carbonyl (C=O) groups is 1. The Morgan fingerprint density at radius 3 is 2.40 bits per heavy atom. The molecule has 0 aliphatic heterocycles. The van der Waals surface area contributed by atoms with Crippen LogP contribution in [0.25, 0.3) is 22.0 Å². The smallest absolute Gasteiger partial charge is 0.173 e. The highest BCUT2D eigenvalue weighted by Gasteiger charge is 2.15. The number of hydrogen-bond donors (Lipinski definition) is 0. The Hall–Kier alpha value is -3.32. The number of aromatic nitrogens is 2. The van der Waals surface area contributed by atoms with Crippen LogP contribution in [0.4, 0.5) is 8.78 Å². The predicted molar refractivity (Wildman–Crippen MR) is 113 cm³/mol. The summed E-state index contributed by atoms with van der Waals surface area (Å²) in [5.41, 5.74) is 1.65. The van der Waals surface area contributed by atoms with Crippen LogP contribution in [-0.4, -0.2) is 28.8 Å². The monoisotopic (exact) mass is 422 g/mol. The number of nitrogens with zero attached hydrogens (tertiary/aromatic N) is 2. The van der Waals surface area contributed by atoms with Gasteiger partial charge < -0.3 is 4.74 Å². The zero-order valence-electron chi connectivity index (χ0n) is 15.9. The molecule has 1 heterocycles. The molecule has 0 spiro atoms. The third kappa shape index (κ3) is 4.02. The summed E-state index contributed by atoms with van der Waals surface area (Å²) < 4.78 is 32.0. The SMILES string of the molecule is COc1ccc(C(=O)CSc2nnc(-c3ccc(F)cc3)c3ccccc23)cc1F. The molecular formula is C23H16F2N2O2S. The summed E-state index contributed by atoms with van der Waals surface area (Å²) in [6, 6.07) is 17.8. The highest BCUT2D eigenvalue weighted by Crippen LogP contribution is 2.32. The summed E-state index contributed by atoms with van der Waals surface area (Å²) in [4.78, 5) is 12.5. The Morgan fingerprint density at radius 1 is 0.967 bits per heavy atom.